The van der Waals surface area contributed by atoms with E-state index in [2.05, 4.69) is 38.0 Å². The summed E-state index contributed by atoms with van der Waals surface area (Å²) in [7, 11) is 1.81. The fraction of sp³-hybridized carbons (Fsp3) is 0.912. The molecule has 0 aromatic carbocycles. The lowest BCUT2D eigenvalue weighted by atomic mass is 9.96. The first-order valence-corrected chi connectivity index (χ1v) is 17.6. The fourth-order valence-electron chi connectivity index (χ4n) is 3.82. The van der Waals surface area contributed by atoms with Gasteiger partial charge in [0.05, 0.1) is 145 Å². The van der Waals surface area contributed by atoms with E-state index in [1.807, 2.05) is 7.05 Å². The Bertz CT molecular complexity index is 693. The van der Waals surface area contributed by atoms with Crippen molar-refractivity contribution in [1.29, 1.82) is 0 Å². The third-order valence-corrected chi connectivity index (χ3v) is 6.77. The first-order chi connectivity index (χ1) is 23.6. The summed E-state index contributed by atoms with van der Waals surface area (Å²) in [4.78, 5) is 12.2. The van der Waals surface area contributed by atoms with Crippen molar-refractivity contribution in [3.63, 3.8) is 0 Å². The number of nitrogens with one attached hydrogen (secondary N) is 2. The monoisotopic (exact) mass is 696 g/mol. The average molecular weight is 697 g/mol. The quantitative estimate of drug-likeness (QED) is 0.0906. The molecule has 2 atom stereocenters. The second kappa shape index (κ2) is 38.4. The molecule has 0 unspecified atom stereocenters. The lowest BCUT2D eigenvalue weighted by molar-refractivity contribution is -0.123. The van der Waals surface area contributed by atoms with Gasteiger partial charge in [-0.05, 0) is 12.3 Å². The van der Waals surface area contributed by atoms with Crippen LogP contribution < -0.4 is 10.6 Å². The zero-order chi connectivity index (χ0) is 35.2. The van der Waals surface area contributed by atoms with E-state index in [1.165, 1.54) is 0 Å². The number of hydrogen-bond acceptors (Lipinski definition) is 13. The number of amides is 1. The zero-order valence-corrected chi connectivity index (χ0v) is 30.4. The first kappa shape index (κ1) is 46.6. The molecule has 0 saturated heterocycles. The fourth-order valence-corrected chi connectivity index (χ4v) is 3.82. The van der Waals surface area contributed by atoms with Gasteiger partial charge in [0.25, 0.3) is 0 Å². The van der Waals surface area contributed by atoms with Gasteiger partial charge in [0.15, 0.2) is 0 Å². The molecule has 0 aromatic heterocycles. The van der Waals surface area contributed by atoms with Crippen molar-refractivity contribution >= 4 is 5.91 Å². The highest BCUT2D eigenvalue weighted by molar-refractivity contribution is 5.76. The third kappa shape index (κ3) is 33.1. The maximum absolute atomic E-state index is 12.2. The number of carbonyl (C=O) groups is 1. The Balaban J connectivity index is 3.23. The molecule has 286 valence electrons. The highest BCUT2D eigenvalue weighted by Gasteiger charge is 2.20. The Morgan fingerprint density at radius 2 is 0.771 bits per heavy atom. The molecule has 0 rings (SSSR count). The van der Waals surface area contributed by atoms with E-state index in [1.54, 1.807) is 0 Å². The van der Waals surface area contributed by atoms with Gasteiger partial charge in [0, 0.05) is 25.8 Å². The van der Waals surface area contributed by atoms with Crippen LogP contribution in [0.2, 0.25) is 0 Å². The average Bonchev–Trinajstić information content (AvgIpc) is 3.10. The molecule has 0 radical (unpaired) electrons. The summed E-state index contributed by atoms with van der Waals surface area (Å²) in [5.74, 6) is 0.248. The van der Waals surface area contributed by atoms with Crippen LogP contribution in [0.15, 0.2) is 12.3 Å². The number of rotatable bonds is 40. The lowest BCUT2D eigenvalue weighted by Crippen LogP contribution is -2.43. The van der Waals surface area contributed by atoms with Crippen LogP contribution in [0.1, 0.15) is 40.0 Å². The van der Waals surface area contributed by atoms with Crippen molar-refractivity contribution in [3.8, 4) is 0 Å². The predicted molar refractivity (Wildman–Crippen MR) is 184 cm³/mol. The molecule has 0 aliphatic rings. The van der Waals surface area contributed by atoms with Crippen LogP contribution in [-0.2, 0) is 56.9 Å². The van der Waals surface area contributed by atoms with Crippen molar-refractivity contribution < 1.29 is 56.9 Å². The molecule has 14 nitrogen and oxygen atoms in total. The normalized spacial score (nSPS) is 12.7. The molecule has 0 aliphatic carbocycles. The molecule has 0 bridgehead atoms. The van der Waals surface area contributed by atoms with Crippen molar-refractivity contribution in [3.05, 3.63) is 12.3 Å². The SMILES string of the molecule is C=C(NC)[C@@H](NC(=O)CCOCCOCCOCCOCCOCCOCCOCCOCCOCCOCCOCCC)[C@@H](C)CC. The molecule has 2 N–H and O–H groups in total. The van der Waals surface area contributed by atoms with E-state index >= 15 is 0 Å². The van der Waals surface area contributed by atoms with Crippen molar-refractivity contribution in [2.75, 3.05) is 152 Å². The summed E-state index contributed by atoms with van der Waals surface area (Å²) in [6.07, 6.45) is 2.27. The highest BCUT2D eigenvalue weighted by Crippen LogP contribution is 2.13. The predicted octanol–water partition coefficient (Wildman–Crippen LogP) is 2.23. The smallest absolute Gasteiger partial charge is 0.222 e. The van der Waals surface area contributed by atoms with Crippen LogP contribution >= 0.6 is 0 Å². The molecule has 0 saturated carbocycles. The summed E-state index contributed by atoms with van der Waals surface area (Å²) >= 11 is 0. The topological polar surface area (TPSA) is 143 Å². The van der Waals surface area contributed by atoms with E-state index in [9.17, 15) is 4.79 Å². The van der Waals surface area contributed by atoms with Gasteiger partial charge in [0.1, 0.15) is 0 Å². The molecule has 0 fully saturated rings. The van der Waals surface area contributed by atoms with Crippen molar-refractivity contribution in [2.45, 2.75) is 46.1 Å². The summed E-state index contributed by atoms with van der Waals surface area (Å²) < 4.78 is 60.1. The van der Waals surface area contributed by atoms with E-state index in [4.69, 9.17) is 52.1 Å². The van der Waals surface area contributed by atoms with Crippen LogP contribution in [0.4, 0.5) is 0 Å². The van der Waals surface area contributed by atoms with Gasteiger partial charge in [-0.2, -0.15) is 0 Å². The van der Waals surface area contributed by atoms with Crippen LogP contribution in [0, 0.1) is 5.92 Å². The second-order valence-electron chi connectivity index (χ2n) is 10.7. The molecular weight excluding hydrogens is 628 g/mol. The molecule has 0 spiro atoms. The molecule has 0 aliphatic heterocycles. The Labute approximate surface area is 290 Å². The first-order valence-electron chi connectivity index (χ1n) is 17.6. The van der Waals surface area contributed by atoms with E-state index in [-0.39, 0.29) is 11.9 Å². The maximum atomic E-state index is 12.2. The molecule has 0 heterocycles. The Hall–Kier alpha value is -1.43. The second-order valence-corrected chi connectivity index (χ2v) is 10.7. The summed E-state index contributed by atoms with van der Waals surface area (Å²) in [6, 6.07) is -0.0926. The lowest BCUT2D eigenvalue weighted by Gasteiger charge is -2.26. The Kier molecular flexibility index (Phi) is 37.2. The van der Waals surface area contributed by atoms with Crippen LogP contribution in [0.3, 0.4) is 0 Å². The van der Waals surface area contributed by atoms with Crippen LogP contribution in [-0.4, -0.2) is 164 Å². The maximum Gasteiger partial charge on any atom is 0.222 e. The van der Waals surface area contributed by atoms with Gasteiger partial charge < -0.3 is 62.7 Å². The van der Waals surface area contributed by atoms with E-state index in [0.717, 1.165) is 25.1 Å². The van der Waals surface area contributed by atoms with Crippen LogP contribution in [0.5, 0.6) is 0 Å². The highest BCUT2D eigenvalue weighted by atomic mass is 16.6. The molecule has 1 amide bonds. The number of hydrogen-bond donors (Lipinski definition) is 2. The largest absolute Gasteiger partial charge is 0.390 e. The van der Waals surface area contributed by atoms with Crippen molar-refractivity contribution in [1.82, 2.24) is 10.6 Å². The number of likely N-dealkylation sites (N-methyl/N-ethyl adjacent to an activating group) is 1. The van der Waals surface area contributed by atoms with Gasteiger partial charge in [-0.3, -0.25) is 4.79 Å². The number of carbonyl (C=O) groups excluding carboxylic acids is 1. The Morgan fingerprint density at radius 1 is 0.500 bits per heavy atom. The van der Waals surface area contributed by atoms with E-state index in [0.29, 0.717) is 151 Å². The summed E-state index contributed by atoms with van der Waals surface area (Å²) in [5, 5.41) is 6.07. The minimum absolute atomic E-state index is 0.0510. The third-order valence-electron chi connectivity index (χ3n) is 6.77. The van der Waals surface area contributed by atoms with Gasteiger partial charge in [-0.15, -0.1) is 0 Å². The minimum atomic E-state index is -0.0926. The number of ether oxygens (including phenoxy) is 11. The van der Waals surface area contributed by atoms with Gasteiger partial charge >= 0.3 is 0 Å². The van der Waals surface area contributed by atoms with E-state index < -0.39 is 0 Å². The van der Waals surface area contributed by atoms with Crippen LogP contribution in [0.25, 0.3) is 0 Å². The van der Waals surface area contributed by atoms with Crippen molar-refractivity contribution in [2.24, 2.45) is 5.92 Å². The standard InChI is InChI=1S/C34H68N2O12/c1-6-9-38-11-13-40-15-17-42-19-21-44-23-25-46-27-29-48-30-28-47-26-24-45-22-20-43-18-16-41-14-12-39-10-8-33(37)36-34(31(3)7-2)32(4)35-5/h31,34-35H,4,6-30H2,1-3,5H3,(H,36,37)/t31-,34-/m0/s1. The minimum Gasteiger partial charge on any atom is -0.390 e. The Morgan fingerprint density at radius 3 is 1.02 bits per heavy atom. The molecule has 48 heavy (non-hydrogen) atoms. The summed E-state index contributed by atoms with van der Waals surface area (Å²) in [6.45, 7) is 21.6. The summed E-state index contributed by atoms with van der Waals surface area (Å²) in [5.41, 5.74) is 0.810. The van der Waals surface area contributed by atoms with Gasteiger partial charge in [0.2, 0.25) is 5.91 Å². The molecular formula is C34H68N2O12. The zero-order valence-electron chi connectivity index (χ0n) is 30.4. The molecule has 0 aromatic rings. The van der Waals surface area contributed by atoms with Gasteiger partial charge in [-0.1, -0.05) is 33.8 Å². The van der Waals surface area contributed by atoms with Gasteiger partial charge in [-0.25, -0.2) is 0 Å². The molecule has 14 heteroatoms.